The fourth-order valence-electron chi connectivity index (χ4n) is 2.20. The van der Waals surface area contributed by atoms with E-state index in [0.717, 1.165) is 37.2 Å². The van der Waals surface area contributed by atoms with Gasteiger partial charge in [-0.15, -0.1) is 0 Å². The van der Waals surface area contributed by atoms with Crippen molar-refractivity contribution < 1.29 is 5.11 Å². The number of halogens is 1. The first-order chi connectivity index (χ1) is 8.39. The van der Waals surface area contributed by atoms with Crippen LogP contribution >= 0.6 is 23.8 Å². The smallest absolute Gasteiger partial charge is 0.106 e. The molecular weight excluding hydrogens is 268 g/mol. The fourth-order valence-corrected chi connectivity index (χ4v) is 2.54. The van der Waals surface area contributed by atoms with Gasteiger partial charge in [0.05, 0.1) is 5.60 Å². The van der Waals surface area contributed by atoms with Crippen molar-refractivity contribution >= 4 is 34.5 Å². The third kappa shape index (κ3) is 2.94. The van der Waals surface area contributed by atoms with E-state index in [4.69, 9.17) is 29.6 Å². The molecule has 1 aliphatic heterocycles. The lowest BCUT2D eigenvalue weighted by molar-refractivity contribution is 0.0351. The summed E-state index contributed by atoms with van der Waals surface area (Å²) in [6, 6.07) is 5.53. The van der Waals surface area contributed by atoms with Crippen LogP contribution in [0, 0.1) is 0 Å². The van der Waals surface area contributed by atoms with Gasteiger partial charge in [0.15, 0.2) is 0 Å². The molecule has 1 saturated heterocycles. The second-order valence-corrected chi connectivity index (χ2v) is 5.89. The molecule has 0 spiro atoms. The number of hydrogen-bond acceptors (Lipinski definition) is 3. The Morgan fingerprint density at radius 2 is 2.06 bits per heavy atom. The van der Waals surface area contributed by atoms with Gasteiger partial charge in [-0.05, 0) is 38.0 Å². The van der Waals surface area contributed by atoms with Crippen LogP contribution in [0.5, 0.6) is 0 Å². The standard InChI is InChI=1S/C13H17ClN2OS/c1-13(17)4-6-16(7-5-13)11-8-9(14)2-3-10(11)12(15)18/h2-3,8,17H,4-7H2,1H3,(H2,15,18). The minimum absolute atomic E-state index is 0.374. The summed E-state index contributed by atoms with van der Waals surface area (Å²) in [5, 5.41) is 10.6. The van der Waals surface area contributed by atoms with Gasteiger partial charge in [0.25, 0.3) is 0 Å². The minimum Gasteiger partial charge on any atom is -0.390 e. The number of anilines is 1. The molecule has 18 heavy (non-hydrogen) atoms. The summed E-state index contributed by atoms with van der Waals surface area (Å²) in [5.74, 6) is 0. The van der Waals surface area contributed by atoms with Gasteiger partial charge in [0, 0.05) is 29.4 Å². The van der Waals surface area contributed by atoms with Crippen molar-refractivity contribution in [3.63, 3.8) is 0 Å². The summed E-state index contributed by atoms with van der Waals surface area (Å²) in [7, 11) is 0. The lowest BCUT2D eigenvalue weighted by Gasteiger charge is -2.38. The zero-order valence-electron chi connectivity index (χ0n) is 10.3. The Morgan fingerprint density at radius 1 is 1.44 bits per heavy atom. The minimum atomic E-state index is -0.571. The van der Waals surface area contributed by atoms with E-state index >= 15 is 0 Å². The molecule has 1 aliphatic rings. The van der Waals surface area contributed by atoms with Crippen molar-refractivity contribution in [3.05, 3.63) is 28.8 Å². The van der Waals surface area contributed by atoms with Crippen LogP contribution in [0.15, 0.2) is 18.2 Å². The monoisotopic (exact) mass is 284 g/mol. The summed E-state index contributed by atoms with van der Waals surface area (Å²) in [6.45, 7) is 3.43. The molecule has 0 amide bonds. The molecule has 1 aromatic carbocycles. The molecule has 2 rings (SSSR count). The molecule has 1 heterocycles. The summed E-state index contributed by atoms with van der Waals surface area (Å²) in [6.07, 6.45) is 1.46. The Kier molecular flexibility index (Phi) is 3.80. The van der Waals surface area contributed by atoms with Gasteiger partial charge in [0.1, 0.15) is 4.99 Å². The zero-order valence-corrected chi connectivity index (χ0v) is 11.9. The van der Waals surface area contributed by atoms with Crippen molar-refractivity contribution in [2.24, 2.45) is 5.73 Å². The number of benzene rings is 1. The van der Waals surface area contributed by atoms with Crippen molar-refractivity contribution in [1.29, 1.82) is 0 Å². The molecule has 0 aliphatic carbocycles. The van der Waals surface area contributed by atoms with E-state index in [2.05, 4.69) is 4.90 Å². The van der Waals surface area contributed by atoms with E-state index in [1.54, 1.807) is 6.07 Å². The predicted octanol–water partition coefficient (Wildman–Crippen LogP) is 2.33. The summed E-state index contributed by atoms with van der Waals surface area (Å²) >= 11 is 11.1. The van der Waals surface area contributed by atoms with Gasteiger partial charge in [-0.2, -0.15) is 0 Å². The fraction of sp³-hybridized carbons (Fsp3) is 0.462. The van der Waals surface area contributed by atoms with E-state index in [0.29, 0.717) is 10.0 Å². The quantitative estimate of drug-likeness (QED) is 0.819. The molecule has 0 atom stereocenters. The number of thiocarbonyl (C=S) groups is 1. The number of piperidine rings is 1. The van der Waals surface area contributed by atoms with Crippen LogP contribution in [-0.2, 0) is 0 Å². The van der Waals surface area contributed by atoms with Gasteiger partial charge < -0.3 is 15.7 Å². The third-order valence-electron chi connectivity index (χ3n) is 3.41. The molecular formula is C13H17ClN2OS. The number of nitrogens with two attached hydrogens (primary N) is 1. The van der Waals surface area contributed by atoms with Crippen LogP contribution in [0.2, 0.25) is 5.02 Å². The Labute approximate surface area is 118 Å². The third-order valence-corrected chi connectivity index (χ3v) is 3.86. The number of hydrogen-bond donors (Lipinski definition) is 2. The Bertz CT molecular complexity index is 466. The Balaban J connectivity index is 2.28. The normalized spacial score (nSPS) is 18.7. The Morgan fingerprint density at radius 3 is 2.61 bits per heavy atom. The van der Waals surface area contributed by atoms with Crippen molar-refractivity contribution in [2.75, 3.05) is 18.0 Å². The van der Waals surface area contributed by atoms with Crippen molar-refractivity contribution in [2.45, 2.75) is 25.4 Å². The largest absolute Gasteiger partial charge is 0.390 e. The molecule has 1 aromatic rings. The molecule has 0 radical (unpaired) electrons. The molecule has 98 valence electrons. The van der Waals surface area contributed by atoms with Crippen molar-refractivity contribution in [1.82, 2.24) is 0 Å². The van der Waals surface area contributed by atoms with Gasteiger partial charge in [0.2, 0.25) is 0 Å². The number of nitrogens with zero attached hydrogens (tertiary/aromatic N) is 1. The average molecular weight is 285 g/mol. The molecule has 3 nitrogen and oxygen atoms in total. The molecule has 1 fully saturated rings. The molecule has 0 bridgehead atoms. The van der Waals surface area contributed by atoms with Crippen LogP contribution in [0.1, 0.15) is 25.3 Å². The zero-order chi connectivity index (χ0) is 13.3. The highest BCUT2D eigenvalue weighted by Gasteiger charge is 2.28. The van der Waals surface area contributed by atoms with Crippen LogP contribution in [0.3, 0.4) is 0 Å². The maximum atomic E-state index is 9.97. The van der Waals surface area contributed by atoms with E-state index in [9.17, 15) is 5.11 Å². The second kappa shape index (κ2) is 5.03. The van der Waals surface area contributed by atoms with Gasteiger partial charge >= 0.3 is 0 Å². The molecule has 0 unspecified atom stereocenters. The lowest BCUT2D eigenvalue weighted by Crippen LogP contribution is -2.43. The van der Waals surface area contributed by atoms with E-state index in [-0.39, 0.29) is 0 Å². The summed E-state index contributed by atoms with van der Waals surface area (Å²) in [5.41, 5.74) is 6.97. The number of rotatable bonds is 2. The second-order valence-electron chi connectivity index (χ2n) is 5.01. The Hall–Kier alpha value is -0.840. The molecule has 5 heteroatoms. The first-order valence-corrected chi connectivity index (χ1v) is 6.74. The predicted molar refractivity (Wildman–Crippen MR) is 79.4 cm³/mol. The summed E-state index contributed by atoms with van der Waals surface area (Å²) < 4.78 is 0. The highest BCUT2D eigenvalue weighted by atomic mass is 35.5. The van der Waals surface area contributed by atoms with Gasteiger partial charge in [-0.25, -0.2) is 0 Å². The first kappa shape index (κ1) is 13.6. The topological polar surface area (TPSA) is 49.5 Å². The van der Waals surface area contributed by atoms with Crippen LogP contribution in [0.25, 0.3) is 0 Å². The van der Waals surface area contributed by atoms with Gasteiger partial charge in [-0.3, -0.25) is 0 Å². The van der Waals surface area contributed by atoms with Crippen LogP contribution in [0.4, 0.5) is 5.69 Å². The molecule has 0 aromatic heterocycles. The summed E-state index contributed by atoms with van der Waals surface area (Å²) in [4.78, 5) is 2.55. The maximum absolute atomic E-state index is 9.97. The molecule has 0 saturated carbocycles. The maximum Gasteiger partial charge on any atom is 0.106 e. The van der Waals surface area contributed by atoms with Crippen LogP contribution < -0.4 is 10.6 Å². The highest BCUT2D eigenvalue weighted by molar-refractivity contribution is 7.80. The average Bonchev–Trinajstić information content (AvgIpc) is 2.28. The lowest BCUT2D eigenvalue weighted by atomic mass is 9.93. The van der Waals surface area contributed by atoms with E-state index in [1.165, 1.54) is 0 Å². The van der Waals surface area contributed by atoms with Crippen molar-refractivity contribution in [3.8, 4) is 0 Å². The highest BCUT2D eigenvalue weighted by Crippen LogP contribution is 2.30. The number of aliphatic hydroxyl groups is 1. The van der Waals surface area contributed by atoms with E-state index in [1.807, 2.05) is 19.1 Å². The molecule has 3 N–H and O–H groups in total. The van der Waals surface area contributed by atoms with Gasteiger partial charge in [-0.1, -0.05) is 23.8 Å². The SMILES string of the molecule is CC1(O)CCN(c2cc(Cl)ccc2C(N)=S)CC1. The van der Waals surface area contributed by atoms with E-state index < -0.39 is 5.60 Å². The van der Waals surface area contributed by atoms with Crippen LogP contribution in [-0.4, -0.2) is 28.8 Å². The first-order valence-electron chi connectivity index (χ1n) is 5.96.